The zero-order valence-corrected chi connectivity index (χ0v) is 9.03. The fourth-order valence-electron chi connectivity index (χ4n) is 1.59. The number of nitrogens with zero attached hydrogens (tertiary/aromatic N) is 1. The number of hydrogen-bond donors (Lipinski definition) is 2. The lowest BCUT2D eigenvalue weighted by atomic mass is 10.2. The number of nitrogens with two attached hydrogens (primary N) is 1. The van der Waals surface area contributed by atoms with Crippen molar-refractivity contribution in [3.05, 3.63) is 46.2 Å². The average molecular weight is 215 g/mol. The van der Waals surface area contributed by atoms with E-state index in [0.717, 1.165) is 5.56 Å². The molecule has 2 aromatic rings. The Morgan fingerprint density at radius 2 is 2.00 bits per heavy atom. The molecule has 2 rings (SSSR count). The third-order valence-corrected chi connectivity index (χ3v) is 2.45. The second-order valence-corrected chi connectivity index (χ2v) is 3.50. The SMILES string of the molecule is CCc1c(N)nc(-c2ccccc2)[nH]c1=O. The summed E-state index contributed by atoms with van der Waals surface area (Å²) >= 11 is 0. The van der Waals surface area contributed by atoms with Gasteiger partial charge >= 0.3 is 0 Å². The van der Waals surface area contributed by atoms with Crippen molar-refractivity contribution in [1.82, 2.24) is 9.97 Å². The highest BCUT2D eigenvalue weighted by Crippen LogP contribution is 2.14. The van der Waals surface area contributed by atoms with Crippen LogP contribution in [0.4, 0.5) is 5.82 Å². The molecule has 0 aliphatic heterocycles. The van der Waals surface area contributed by atoms with Gasteiger partial charge in [0, 0.05) is 5.56 Å². The number of nitrogen functional groups attached to an aromatic ring is 1. The van der Waals surface area contributed by atoms with Gasteiger partial charge in [-0.15, -0.1) is 0 Å². The molecule has 0 bridgehead atoms. The van der Waals surface area contributed by atoms with E-state index >= 15 is 0 Å². The molecule has 0 radical (unpaired) electrons. The highest BCUT2D eigenvalue weighted by Gasteiger charge is 2.07. The Morgan fingerprint density at radius 3 is 2.56 bits per heavy atom. The van der Waals surface area contributed by atoms with Crippen LogP contribution < -0.4 is 11.3 Å². The van der Waals surface area contributed by atoms with E-state index in [9.17, 15) is 4.79 Å². The third kappa shape index (κ3) is 1.82. The van der Waals surface area contributed by atoms with Gasteiger partial charge in [0.25, 0.3) is 5.56 Å². The maximum atomic E-state index is 11.7. The van der Waals surface area contributed by atoms with Crippen LogP contribution >= 0.6 is 0 Å². The highest BCUT2D eigenvalue weighted by atomic mass is 16.1. The lowest BCUT2D eigenvalue weighted by Crippen LogP contribution is -2.17. The van der Waals surface area contributed by atoms with Crippen LogP contribution in [-0.2, 0) is 6.42 Å². The predicted octanol–water partition coefficient (Wildman–Crippen LogP) is 1.58. The summed E-state index contributed by atoms with van der Waals surface area (Å²) in [6, 6.07) is 9.44. The summed E-state index contributed by atoms with van der Waals surface area (Å²) in [6.45, 7) is 1.88. The Kier molecular flexibility index (Phi) is 2.72. The third-order valence-electron chi connectivity index (χ3n) is 2.45. The summed E-state index contributed by atoms with van der Waals surface area (Å²) in [5, 5.41) is 0. The van der Waals surface area contributed by atoms with Crippen LogP contribution in [0.2, 0.25) is 0 Å². The predicted molar refractivity (Wildman–Crippen MR) is 64.1 cm³/mol. The first-order chi connectivity index (χ1) is 7.72. The van der Waals surface area contributed by atoms with Gasteiger partial charge in [-0.25, -0.2) is 4.98 Å². The molecule has 4 nitrogen and oxygen atoms in total. The molecule has 0 atom stereocenters. The van der Waals surface area contributed by atoms with Crippen molar-refractivity contribution in [3.63, 3.8) is 0 Å². The van der Waals surface area contributed by atoms with Crippen LogP contribution in [-0.4, -0.2) is 9.97 Å². The van der Waals surface area contributed by atoms with E-state index in [-0.39, 0.29) is 5.56 Å². The lowest BCUT2D eigenvalue weighted by molar-refractivity contribution is 1.02. The fraction of sp³-hybridized carbons (Fsp3) is 0.167. The highest BCUT2D eigenvalue weighted by molar-refractivity contribution is 5.57. The molecule has 82 valence electrons. The topological polar surface area (TPSA) is 71.8 Å². The van der Waals surface area contributed by atoms with E-state index in [0.29, 0.717) is 23.6 Å². The Hall–Kier alpha value is -2.10. The first-order valence-corrected chi connectivity index (χ1v) is 5.16. The first kappa shape index (κ1) is 10.4. The number of benzene rings is 1. The molecular weight excluding hydrogens is 202 g/mol. The zero-order chi connectivity index (χ0) is 11.5. The van der Waals surface area contributed by atoms with Crippen molar-refractivity contribution in [2.24, 2.45) is 0 Å². The second-order valence-electron chi connectivity index (χ2n) is 3.50. The Bertz CT molecular complexity index is 546. The van der Waals surface area contributed by atoms with Gasteiger partial charge in [-0.05, 0) is 6.42 Å². The van der Waals surface area contributed by atoms with Gasteiger partial charge in [0.1, 0.15) is 11.6 Å². The van der Waals surface area contributed by atoms with Crippen molar-refractivity contribution in [1.29, 1.82) is 0 Å². The molecule has 1 aromatic heterocycles. The minimum Gasteiger partial charge on any atom is -0.383 e. The van der Waals surface area contributed by atoms with Crippen molar-refractivity contribution in [2.45, 2.75) is 13.3 Å². The Labute approximate surface area is 93.2 Å². The summed E-state index contributed by atoms with van der Waals surface area (Å²) in [5.41, 5.74) is 6.98. The van der Waals surface area contributed by atoms with Gasteiger partial charge in [-0.2, -0.15) is 0 Å². The molecule has 0 saturated carbocycles. The van der Waals surface area contributed by atoms with E-state index < -0.39 is 0 Å². The van der Waals surface area contributed by atoms with Crippen LogP contribution in [0.1, 0.15) is 12.5 Å². The molecule has 1 aromatic carbocycles. The normalized spacial score (nSPS) is 10.3. The molecule has 3 N–H and O–H groups in total. The number of anilines is 1. The van der Waals surface area contributed by atoms with Crippen LogP contribution in [0.3, 0.4) is 0 Å². The minimum absolute atomic E-state index is 0.158. The summed E-state index contributed by atoms with van der Waals surface area (Å²) in [6.07, 6.45) is 0.587. The van der Waals surface area contributed by atoms with Crippen molar-refractivity contribution >= 4 is 5.82 Å². The number of aromatic amines is 1. The van der Waals surface area contributed by atoms with E-state index in [1.165, 1.54) is 0 Å². The molecule has 0 spiro atoms. The van der Waals surface area contributed by atoms with Crippen LogP contribution in [0.15, 0.2) is 35.1 Å². The number of nitrogens with one attached hydrogen (secondary N) is 1. The van der Waals surface area contributed by atoms with Gasteiger partial charge in [0.2, 0.25) is 0 Å². The Balaban J connectivity index is 2.57. The van der Waals surface area contributed by atoms with Crippen LogP contribution in [0.25, 0.3) is 11.4 Å². The first-order valence-electron chi connectivity index (χ1n) is 5.16. The van der Waals surface area contributed by atoms with Crippen molar-refractivity contribution in [2.75, 3.05) is 5.73 Å². The molecule has 0 unspecified atom stereocenters. The van der Waals surface area contributed by atoms with Gasteiger partial charge in [0.05, 0.1) is 5.56 Å². The van der Waals surface area contributed by atoms with E-state index in [4.69, 9.17) is 5.73 Å². The van der Waals surface area contributed by atoms with Gasteiger partial charge in [-0.1, -0.05) is 37.3 Å². The quantitative estimate of drug-likeness (QED) is 0.798. The van der Waals surface area contributed by atoms with E-state index in [1.54, 1.807) is 0 Å². The largest absolute Gasteiger partial charge is 0.383 e. The number of aromatic nitrogens is 2. The van der Waals surface area contributed by atoms with E-state index in [2.05, 4.69) is 9.97 Å². The monoisotopic (exact) mass is 215 g/mol. The molecule has 0 aliphatic rings. The fourth-order valence-corrected chi connectivity index (χ4v) is 1.59. The smallest absolute Gasteiger partial charge is 0.256 e. The maximum absolute atomic E-state index is 11.7. The number of hydrogen-bond acceptors (Lipinski definition) is 3. The molecule has 1 heterocycles. The van der Waals surface area contributed by atoms with Gasteiger partial charge in [0.15, 0.2) is 0 Å². The minimum atomic E-state index is -0.158. The molecular formula is C12H13N3O. The standard InChI is InChI=1S/C12H13N3O/c1-2-9-10(13)14-11(15-12(9)16)8-6-4-3-5-7-8/h3-7H,2H2,1H3,(H3,13,14,15,16). The van der Waals surface area contributed by atoms with Gasteiger partial charge in [-0.3, -0.25) is 4.79 Å². The Morgan fingerprint density at radius 1 is 1.31 bits per heavy atom. The summed E-state index contributed by atoms with van der Waals surface area (Å²) in [4.78, 5) is 18.6. The van der Waals surface area contributed by atoms with Crippen molar-refractivity contribution in [3.8, 4) is 11.4 Å². The molecule has 0 aliphatic carbocycles. The van der Waals surface area contributed by atoms with Gasteiger partial charge < -0.3 is 10.7 Å². The summed E-state index contributed by atoms with van der Waals surface area (Å²) in [7, 11) is 0. The second kappa shape index (κ2) is 4.18. The molecule has 0 saturated heterocycles. The summed E-state index contributed by atoms with van der Waals surface area (Å²) in [5.74, 6) is 0.824. The lowest BCUT2D eigenvalue weighted by Gasteiger charge is -2.04. The van der Waals surface area contributed by atoms with E-state index in [1.807, 2.05) is 37.3 Å². The molecule has 16 heavy (non-hydrogen) atoms. The van der Waals surface area contributed by atoms with Crippen LogP contribution in [0, 0.1) is 0 Å². The zero-order valence-electron chi connectivity index (χ0n) is 9.03. The molecule has 0 amide bonds. The van der Waals surface area contributed by atoms with Crippen LogP contribution in [0.5, 0.6) is 0 Å². The van der Waals surface area contributed by atoms with Crippen molar-refractivity contribution < 1.29 is 0 Å². The number of rotatable bonds is 2. The summed E-state index contributed by atoms with van der Waals surface area (Å²) < 4.78 is 0. The maximum Gasteiger partial charge on any atom is 0.256 e. The average Bonchev–Trinajstić information content (AvgIpc) is 2.30. The molecule has 4 heteroatoms. The number of H-pyrrole nitrogens is 1. The molecule has 0 fully saturated rings.